The third-order valence-corrected chi connectivity index (χ3v) is 4.25. The van der Waals surface area contributed by atoms with Crippen LogP contribution in [-0.4, -0.2) is 42.4 Å². The van der Waals surface area contributed by atoms with Crippen molar-refractivity contribution in [1.82, 2.24) is 4.90 Å². The van der Waals surface area contributed by atoms with E-state index >= 15 is 0 Å². The number of nitrogens with zero attached hydrogens (tertiary/aromatic N) is 1. The molecule has 1 heterocycles. The van der Waals surface area contributed by atoms with E-state index in [1.54, 1.807) is 0 Å². The molecule has 1 aliphatic carbocycles. The number of aryl methyl sites for hydroxylation is 1. The molecule has 0 saturated heterocycles. The van der Waals surface area contributed by atoms with Crippen LogP contribution < -0.4 is 4.74 Å². The number of likely N-dealkylation sites (N-methyl/N-ethyl adjacent to an activating group) is 1. The van der Waals surface area contributed by atoms with Crippen LogP contribution in [0.4, 0.5) is 0 Å². The lowest BCUT2D eigenvalue weighted by molar-refractivity contribution is 0.0239. The fourth-order valence-corrected chi connectivity index (χ4v) is 3.26. The van der Waals surface area contributed by atoms with E-state index < -0.39 is 0 Å². The first-order chi connectivity index (χ1) is 9.10. The van der Waals surface area contributed by atoms with Gasteiger partial charge in [-0.2, -0.15) is 0 Å². The number of rotatable bonds is 4. The summed E-state index contributed by atoms with van der Waals surface area (Å²) in [6, 6.07) is 6.44. The van der Waals surface area contributed by atoms with Gasteiger partial charge in [0.25, 0.3) is 0 Å². The molecule has 0 bridgehead atoms. The average Bonchev–Trinajstić information content (AvgIpc) is 2.68. The van der Waals surface area contributed by atoms with Gasteiger partial charge in [0.1, 0.15) is 11.9 Å². The second kappa shape index (κ2) is 5.14. The molecule has 2 aliphatic rings. The molecule has 19 heavy (non-hydrogen) atoms. The van der Waals surface area contributed by atoms with Crippen molar-refractivity contribution >= 4 is 0 Å². The van der Waals surface area contributed by atoms with Crippen molar-refractivity contribution in [2.75, 3.05) is 20.1 Å². The van der Waals surface area contributed by atoms with E-state index in [9.17, 15) is 5.11 Å². The number of hydrogen-bond donors (Lipinski definition) is 1. The first-order valence-corrected chi connectivity index (χ1v) is 7.23. The molecule has 1 atom stereocenters. The van der Waals surface area contributed by atoms with Gasteiger partial charge in [-0.3, -0.25) is 0 Å². The second-order valence-electron chi connectivity index (χ2n) is 6.27. The maximum atomic E-state index is 9.32. The van der Waals surface area contributed by atoms with Crippen molar-refractivity contribution in [3.05, 3.63) is 29.3 Å². The summed E-state index contributed by atoms with van der Waals surface area (Å²) in [5.41, 5.74) is 2.65. The Morgan fingerprint density at radius 2 is 2.11 bits per heavy atom. The molecule has 1 unspecified atom stereocenters. The molecule has 1 aliphatic heterocycles. The molecule has 3 rings (SSSR count). The van der Waals surface area contributed by atoms with Crippen LogP contribution in [0.3, 0.4) is 0 Å². The van der Waals surface area contributed by atoms with Gasteiger partial charge >= 0.3 is 0 Å². The minimum absolute atomic E-state index is 0.0478. The summed E-state index contributed by atoms with van der Waals surface area (Å²) in [7, 11) is 2.16. The van der Waals surface area contributed by atoms with Gasteiger partial charge in [-0.1, -0.05) is 17.7 Å². The van der Waals surface area contributed by atoms with E-state index in [1.807, 2.05) is 0 Å². The molecule has 1 N–H and O–H groups in total. The summed E-state index contributed by atoms with van der Waals surface area (Å²) in [6.45, 7) is 4.17. The van der Waals surface area contributed by atoms with E-state index in [4.69, 9.17) is 4.74 Å². The molecule has 0 aromatic heterocycles. The predicted octanol–water partition coefficient (Wildman–Crippen LogP) is 2.00. The monoisotopic (exact) mass is 261 g/mol. The summed E-state index contributed by atoms with van der Waals surface area (Å²) < 4.78 is 6.00. The Bertz CT molecular complexity index is 454. The molecule has 3 nitrogen and oxygen atoms in total. The Balaban J connectivity index is 1.50. The molecule has 1 fully saturated rings. The number of aliphatic hydroxyl groups is 1. The molecule has 1 saturated carbocycles. The van der Waals surface area contributed by atoms with Crippen LogP contribution in [0.2, 0.25) is 0 Å². The van der Waals surface area contributed by atoms with Crippen molar-refractivity contribution in [1.29, 1.82) is 0 Å². The van der Waals surface area contributed by atoms with Crippen LogP contribution in [0, 0.1) is 12.8 Å². The Morgan fingerprint density at radius 3 is 2.84 bits per heavy atom. The maximum absolute atomic E-state index is 9.32. The summed E-state index contributed by atoms with van der Waals surface area (Å²) >= 11 is 0. The van der Waals surface area contributed by atoms with Crippen molar-refractivity contribution in [2.45, 2.75) is 38.4 Å². The number of hydrogen-bond acceptors (Lipinski definition) is 3. The predicted molar refractivity (Wildman–Crippen MR) is 75.5 cm³/mol. The maximum Gasteiger partial charge on any atom is 0.123 e. The minimum atomic E-state index is -0.0478. The van der Waals surface area contributed by atoms with Gasteiger partial charge in [0.05, 0.1) is 6.10 Å². The molecule has 3 heteroatoms. The Labute approximate surface area is 115 Å². The molecule has 104 valence electrons. The summed E-state index contributed by atoms with van der Waals surface area (Å²) in [4.78, 5) is 2.35. The first kappa shape index (κ1) is 12.9. The van der Waals surface area contributed by atoms with Crippen LogP contribution in [-0.2, 0) is 6.42 Å². The number of fused-ring (bicyclic) bond motifs is 1. The number of aliphatic hydroxyl groups excluding tert-OH is 1. The summed E-state index contributed by atoms with van der Waals surface area (Å²) in [5, 5.41) is 9.32. The third kappa shape index (κ3) is 2.93. The van der Waals surface area contributed by atoms with Crippen LogP contribution in [0.15, 0.2) is 18.2 Å². The van der Waals surface area contributed by atoms with Crippen molar-refractivity contribution in [3.63, 3.8) is 0 Å². The minimum Gasteiger partial charge on any atom is -0.488 e. The second-order valence-corrected chi connectivity index (χ2v) is 6.27. The molecular weight excluding hydrogens is 238 g/mol. The Kier molecular flexibility index (Phi) is 3.50. The molecule has 0 spiro atoms. The molecule has 0 radical (unpaired) electrons. The van der Waals surface area contributed by atoms with E-state index in [0.29, 0.717) is 5.92 Å². The van der Waals surface area contributed by atoms with Gasteiger partial charge in [-0.15, -0.1) is 0 Å². The largest absolute Gasteiger partial charge is 0.488 e. The highest BCUT2D eigenvalue weighted by Gasteiger charge is 2.29. The quantitative estimate of drug-likeness (QED) is 0.900. The highest BCUT2D eigenvalue weighted by molar-refractivity contribution is 5.40. The van der Waals surface area contributed by atoms with Gasteiger partial charge < -0.3 is 14.7 Å². The van der Waals surface area contributed by atoms with Gasteiger partial charge in [0, 0.05) is 19.5 Å². The SMILES string of the molecule is Cc1ccc2c(c1)CC(CN(C)CC1CC(O)C1)O2. The van der Waals surface area contributed by atoms with Crippen molar-refractivity contribution < 1.29 is 9.84 Å². The first-order valence-electron chi connectivity index (χ1n) is 7.23. The third-order valence-electron chi connectivity index (χ3n) is 4.25. The molecule has 0 amide bonds. The lowest BCUT2D eigenvalue weighted by Gasteiger charge is -2.35. The number of benzene rings is 1. The number of ether oxygens (including phenoxy) is 1. The zero-order chi connectivity index (χ0) is 13.4. The highest BCUT2D eigenvalue weighted by Crippen LogP contribution is 2.31. The van der Waals surface area contributed by atoms with Crippen LogP contribution in [0.5, 0.6) is 5.75 Å². The molecular formula is C16H23NO2. The van der Waals surface area contributed by atoms with Gasteiger partial charge in [0.15, 0.2) is 0 Å². The lowest BCUT2D eigenvalue weighted by Crippen LogP contribution is -2.40. The van der Waals surface area contributed by atoms with Gasteiger partial charge in [-0.25, -0.2) is 0 Å². The lowest BCUT2D eigenvalue weighted by atomic mass is 9.82. The fourth-order valence-electron chi connectivity index (χ4n) is 3.26. The van der Waals surface area contributed by atoms with Crippen molar-refractivity contribution in [3.8, 4) is 5.75 Å². The van der Waals surface area contributed by atoms with E-state index in [2.05, 4.69) is 37.1 Å². The van der Waals surface area contributed by atoms with Crippen molar-refractivity contribution in [2.24, 2.45) is 5.92 Å². The van der Waals surface area contributed by atoms with Gasteiger partial charge in [0.2, 0.25) is 0 Å². The molecule has 1 aromatic rings. The Morgan fingerprint density at radius 1 is 1.32 bits per heavy atom. The Hall–Kier alpha value is -1.06. The fraction of sp³-hybridized carbons (Fsp3) is 0.625. The van der Waals surface area contributed by atoms with Crippen LogP contribution in [0.25, 0.3) is 0 Å². The average molecular weight is 261 g/mol. The summed E-state index contributed by atoms with van der Waals surface area (Å²) in [6.07, 6.45) is 3.19. The standard InChI is InChI=1S/C16H23NO2/c1-11-3-4-16-13(5-11)8-15(19-16)10-17(2)9-12-6-14(18)7-12/h3-5,12,14-15,18H,6-10H2,1-2H3. The van der Waals surface area contributed by atoms with E-state index in [-0.39, 0.29) is 12.2 Å². The van der Waals surface area contributed by atoms with E-state index in [1.165, 1.54) is 11.1 Å². The van der Waals surface area contributed by atoms with Crippen LogP contribution in [0.1, 0.15) is 24.0 Å². The summed E-state index contributed by atoms with van der Waals surface area (Å²) in [5.74, 6) is 1.73. The topological polar surface area (TPSA) is 32.7 Å². The molecule has 1 aromatic carbocycles. The van der Waals surface area contributed by atoms with Gasteiger partial charge in [-0.05, 0) is 44.4 Å². The smallest absolute Gasteiger partial charge is 0.123 e. The normalized spacial score (nSPS) is 28.9. The van der Waals surface area contributed by atoms with Crippen LogP contribution >= 0.6 is 0 Å². The van der Waals surface area contributed by atoms with E-state index in [0.717, 1.165) is 38.1 Å². The zero-order valence-electron chi connectivity index (χ0n) is 11.8. The zero-order valence-corrected chi connectivity index (χ0v) is 11.8. The highest BCUT2D eigenvalue weighted by atomic mass is 16.5.